The lowest BCUT2D eigenvalue weighted by Gasteiger charge is -2.47. The van der Waals surface area contributed by atoms with Crippen molar-refractivity contribution in [2.45, 2.75) is 58.3 Å². The molecular formula is C59H47BN2S. The second-order valence-corrected chi connectivity index (χ2v) is 20.6. The maximum atomic E-state index is 2.71. The number of thiophene rings is 1. The largest absolute Gasteiger partial charge is 0.376 e. The van der Waals surface area contributed by atoms with Gasteiger partial charge in [-0.2, -0.15) is 0 Å². The SMILES string of the molecule is Cc1cc2c(cc1N1c3cc4ccccc4cc3B3c4c(cc5c(sc6ccccc65)c41)-c1ccc4ccccc4c1N3c1ccc(-c3ccccc3)cc1)C(C)(C)CCC2(C)C. The molecule has 0 bridgehead atoms. The lowest BCUT2D eigenvalue weighted by atomic mass is 9.43. The Morgan fingerprint density at radius 3 is 1.90 bits per heavy atom. The van der Waals surface area contributed by atoms with Gasteiger partial charge in [-0.3, -0.25) is 0 Å². The van der Waals surface area contributed by atoms with Crippen molar-refractivity contribution in [3.8, 4) is 22.3 Å². The van der Waals surface area contributed by atoms with E-state index in [9.17, 15) is 0 Å². The Labute approximate surface area is 374 Å². The molecule has 0 fully saturated rings. The second kappa shape index (κ2) is 13.2. The minimum absolute atomic E-state index is 0.0591. The van der Waals surface area contributed by atoms with Crippen LogP contribution in [0.25, 0.3) is 64.0 Å². The summed E-state index contributed by atoms with van der Waals surface area (Å²) in [6, 6.07) is 64.6. The van der Waals surface area contributed by atoms with Crippen LogP contribution < -0.4 is 20.6 Å². The van der Waals surface area contributed by atoms with Gasteiger partial charge in [-0.05, 0) is 127 Å². The molecule has 10 aromatic rings. The van der Waals surface area contributed by atoms with Gasteiger partial charge >= 0.3 is 6.85 Å². The van der Waals surface area contributed by atoms with Crippen LogP contribution in [0.2, 0.25) is 0 Å². The van der Waals surface area contributed by atoms with Crippen LogP contribution in [0, 0.1) is 6.92 Å². The number of anilines is 5. The summed E-state index contributed by atoms with van der Waals surface area (Å²) in [5.41, 5.74) is 18.5. The second-order valence-electron chi connectivity index (χ2n) is 19.6. The third-order valence-electron chi connectivity index (χ3n) is 15.0. The predicted octanol–water partition coefficient (Wildman–Crippen LogP) is 15.4. The van der Waals surface area contributed by atoms with Crippen LogP contribution >= 0.6 is 11.3 Å². The normalized spacial score (nSPS) is 15.7. The average Bonchev–Trinajstić information content (AvgIpc) is 3.69. The molecule has 3 aliphatic rings. The van der Waals surface area contributed by atoms with E-state index in [2.05, 4.69) is 214 Å². The van der Waals surface area contributed by atoms with Crippen molar-refractivity contribution in [1.82, 2.24) is 0 Å². The molecule has 0 atom stereocenters. The van der Waals surface area contributed by atoms with Gasteiger partial charge in [-0.25, -0.2) is 0 Å². The van der Waals surface area contributed by atoms with Crippen LogP contribution in [0.4, 0.5) is 28.4 Å². The lowest BCUT2D eigenvalue weighted by Crippen LogP contribution is -2.61. The molecular weight excluding hydrogens is 780 g/mol. The Morgan fingerprint density at radius 2 is 1.14 bits per heavy atom. The zero-order chi connectivity index (χ0) is 42.4. The maximum Gasteiger partial charge on any atom is 0.333 e. The third kappa shape index (κ3) is 5.31. The average molecular weight is 827 g/mol. The van der Waals surface area contributed by atoms with E-state index in [1.165, 1.54) is 133 Å². The van der Waals surface area contributed by atoms with E-state index in [0.717, 1.165) is 0 Å². The summed E-state index contributed by atoms with van der Waals surface area (Å²) in [6.07, 6.45) is 2.36. The molecule has 0 N–H and O–H groups in total. The minimum Gasteiger partial charge on any atom is -0.376 e. The van der Waals surface area contributed by atoms with Gasteiger partial charge in [0.05, 0.1) is 10.4 Å². The highest BCUT2D eigenvalue weighted by Gasteiger charge is 2.48. The van der Waals surface area contributed by atoms with Gasteiger partial charge in [0.2, 0.25) is 0 Å². The smallest absolute Gasteiger partial charge is 0.333 e. The fraction of sp³-hybridized carbons (Fsp3) is 0.153. The van der Waals surface area contributed by atoms with Gasteiger partial charge in [-0.1, -0.05) is 161 Å². The van der Waals surface area contributed by atoms with Gasteiger partial charge in [0.1, 0.15) is 0 Å². The van der Waals surface area contributed by atoms with E-state index < -0.39 is 0 Å². The first-order valence-electron chi connectivity index (χ1n) is 22.6. The Hall–Kier alpha value is -6.62. The molecule has 13 rings (SSSR count). The lowest BCUT2D eigenvalue weighted by molar-refractivity contribution is 0.332. The summed E-state index contributed by atoms with van der Waals surface area (Å²) in [4.78, 5) is 5.42. The van der Waals surface area contributed by atoms with Crippen molar-refractivity contribution in [3.63, 3.8) is 0 Å². The molecule has 0 saturated heterocycles. The van der Waals surface area contributed by atoms with E-state index in [0.29, 0.717) is 0 Å². The molecule has 4 heteroatoms. The van der Waals surface area contributed by atoms with Gasteiger partial charge in [-0.15, -0.1) is 11.3 Å². The number of rotatable bonds is 3. The van der Waals surface area contributed by atoms with Gasteiger partial charge in [0, 0.05) is 49.2 Å². The van der Waals surface area contributed by atoms with Crippen LogP contribution in [0.5, 0.6) is 0 Å². The van der Waals surface area contributed by atoms with Crippen molar-refractivity contribution in [2.24, 2.45) is 0 Å². The number of hydrogen-bond donors (Lipinski definition) is 0. The molecule has 0 amide bonds. The highest BCUT2D eigenvalue weighted by molar-refractivity contribution is 7.26. The molecule has 2 nitrogen and oxygen atoms in total. The maximum absolute atomic E-state index is 2.71. The highest BCUT2D eigenvalue weighted by atomic mass is 32.1. The molecule has 0 saturated carbocycles. The number of benzene rings is 9. The molecule has 3 heterocycles. The van der Waals surface area contributed by atoms with Crippen LogP contribution in [0.1, 0.15) is 57.2 Å². The minimum atomic E-state index is -0.102. The summed E-state index contributed by atoms with van der Waals surface area (Å²) < 4.78 is 2.67. The van der Waals surface area contributed by atoms with Gasteiger partial charge < -0.3 is 9.71 Å². The fourth-order valence-corrected chi connectivity index (χ4v) is 12.8. The van der Waals surface area contributed by atoms with E-state index >= 15 is 0 Å². The Morgan fingerprint density at radius 1 is 0.508 bits per heavy atom. The molecule has 0 spiro atoms. The van der Waals surface area contributed by atoms with E-state index in [-0.39, 0.29) is 17.7 Å². The zero-order valence-electron chi connectivity index (χ0n) is 36.5. The van der Waals surface area contributed by atoms with E-state index in [4.69, 9.17) is 0 Å². The molecule has 63 heavy (non-hydrogen) atoms. The molecule has 2 aliphatic heterocycles. The van der Waals surface area contributed by atoms with Crippen molar-refractivity contribution in [2.75, 3.05) is 9.71 Å². The molecule has 302 valence electrons. The van der Waals surface area contributed by atoms with Crippen LogP contribution in [0.3, 0.4) is 0 Å². The summed E-state index contributed by atoms with van der Waals surface area (Å²) in [5.74, 6) is 0. The molecule has 1 aromatic heterocycles. The monoisotopic (exact) mass is 826 g/mol. The quantitative estimate of drug-likeness (QED) is 0.164. The Bertz CT molecular complexity index is 3540. The van der Waals surface area contributed by atoms with E-state index in [1.807, 2.05) is 11.3 Å². The first kappa shape index (κ1) is 37.0. The van der Waals surface area contributed by atoms with Crippen LogP contribution in [-0.2, 0) is 10.8 Å². The van der Waals surface area contributed by atoms with E-state index in [1.54, 1.807) is 0 Å². The number of aryl methyl sites for hydroxylation is 1. The van der Waals surface area contributed by atoms with Gasteiger partial charge in [0.25, 0.3) is 0 Å². The number of nitrogens with zero attached hydrogens (tertiary/aromatic N) is 2. The molecule has 1 aliphatic carbocycles. The van der Waals surface area contributed by atoms with Crippen molar-refractivity contribution >= 4 is 99.3 Å². The Balaban J connectivity index is 1.20. The first-order valence-corrected chi connectivity index (χ1v) is 23.4. The third-order valence-corrected chi connectivity index (χ3v) is 16.2. The standard InChI is InChI=1S/C59H47BN2S/c1-36-31-48-49(59(4,5)30-29-58(48,2)3)35-51(36)61-52-33-41-19-10-9-18-40(41)32-50(52)60-54-46(34-47-44-21-13-14-22-53(44)63-57(47)56(54)61)45-28-25-39-17-11-12-20-43(39)55(45)62(60)42-26-23-38(24-27-42)37-15-7-6-8-16-37/h6-28,31-35H,29-30H2,1-5H3. The number of fused-ring (bicyclic) bond motifs is 12. The van der Waals surface area contributed by atoms with Crippen molar-refractivity contribution in [3.05, 3.63) is 187 Å². The van der Waals surface area contributed by atoms with Gasteiger partial charge in [0.15, 0.2) is 0 Å². The molecule has 0 unspecified atom stereocenters. The summed E-state index contributed by atoms with van der Waals surface area (Å²) in [7, 11) is 0. The summed E-state index contributed by atoms with van der Waals surface area (Å²) >= 11 is 1.95. The highest BCUT2D eigenvalue weighted by Crippen LogP contribution is 2.55. The predicted molar refractivity (Wildman–Crippen MR) is 274 cm³/mol. The molecule has 9 aromatic carbocycles. The first-order chi connectivity index (χ1) is 30.6. The summed E-state index contributed by atoms with van der Waals surface area (Å²) in [6.45, 7) is 12.1. The topological polar surface area (TPSA) is 6.48 Å². The molecule has 0 radical (unpaired) electrons. The zero-order valence-corrected chi connectivity index (χ0v) is 37.3. The van der Waals surface area contributed by atoms with Crippen molar-refractivity contribution < 1.29 is 0 Å². The van der Waals surface area contributed by atoms with Crippen LogP contribution in [-0.4, -0.2) is 6.85 Å². The Kier molecular flexibility index (Phi) is 7.75. The fourth-order valence-electron chi connectivity index (χ4n) is 11.6. The van der Waals surface area contributed by atoms with Crippen LogP contribution in [0.15, 0.2) is 170 Å². The number of hydrogen-bond acceptors (Lipinski definition) is 3. The summed E-state index contributed by atoms with van der Waals surface area (Å²) in [5, 5.41) is 7.69. The van der Waals surface area contributed by atoms with Crippen molar-refractivity contribution in [1.29, 1.82) is 0 Å².